The molecule has 0 amide bonds. The lowest BCUT2D eigenvalue weighted by atomic mass is 10.0. The van der Waals surface area contributed by atoms with Gasteiger partial charge >= 0.3 is 11.9 Å². The van der Waals surface area contributed by atoms with Crippen LogP contribution in [0.3, 0.4) is 0 Å². The number of hydrogen-bond acceptors (Lipinski definition) is 8. The molecule has 0 atom stereocenters. The Bertz CT molecular complexity index is 1520. The molecule has 0 saturated heterocycles. The molecular weight excluding hydrogens is 510 g/mol. The van der Waals surface area contributed by atoms with E-state index in [-0.39, 0.29) is 10.5 Å². The molecular formula is C27H25N3O7S. The summed E-state index contributed by atoms with van der Waals surface area (Å²) in [7, 11) is 3.11. The molecule has 2 aromatic carbocycles. The largest absolute Gasteiger partial charge is 0.497 e. The molecule has 0 fully saturated rings. The number of aromatic nitrogens is 3. The molecule has 0 aliphatic heterocycles. The maximum absolute atomic E-state index is 12.1. The number of aliphatic carboxylic acids is 1. The standard InChI is InChI=1S/C27H25N3O7S/c1-5-30-24(17-10-19(35-3)13-20(11-17)36-4)28-29-27(30)38-23(26(33)34)14-18-8-9-22(37-18)21-12-16(25(31)32)7-6-15(21)2/h6-14H,5H2,1-4H3,(H,31,32)(H,33,34)/b23-14-. The molecule has 0 bridgehead atoms. The van der Waals surface area contributed by atoms with Crippen LogP contribution in [-0.2, 0) is 11.3 Å². The third-order valence-electron chi connectivity index (χ3n) is 5.70. The SMILES string of the molecule is CCn1c(S/C(=C\c2ccc(-c3cc(C(=O)O)ccc3C)o2)C(=O)O)nnc1-c1cc(OC)cc(OC)c1. The predicted molar refractivity (Wildman–Crippen MR) is 142 cm³/mol. The molecule has 2 aromatic heterocycles. The van der Waals surface area contributed by atoms with Crippen LogP contribution in [-0.4, -0.2) is 51.1 Å². The Hall–Kier alpha value is -4.51. The highest BCUT2D eigenvalue weighted by atomic mass is 32.2. The van der Waals surface area contributed by atoms with E-state index in [9.17, 15) is 19.8 Å². The Morgan fingerprint density at radius 2 is 1.74 bits per heavy atom. The Morgan fingerprint density at radius 1 is 1.03 bits per heavy atom. The van der Waals surface area contributed by atoms with Crippen LogP contribution in [0, 0.1) is 6.92 Å². The average molecular weight is 536 g/mol. The molecule has 0 saturated carbocycles. The van der Waals surface area contributed by atoms with E-state index in [1.165, 1.54) is 18.2 Å². The van der Waals surface area contributed by atoms with Crippen molar-refractivity contribution in [2.45, 2.75) is 25.5 Å². The molecule has 4 rings (SSSR count). The number of ether oxygens (including phenoxy) is 2. The fraction of sp³-hybridized carbons (Fsp3) is 0.185. The number of carboxylic acid groups (broad SMARTS) is 2. The summed E-state index contributed by atoms with van der Waals surface area (Å²) >= 11 is 0.944. The second-order valence-corrected chi connectivity index (χ2v) is 9.11. The number of methoxy groups -OCH3 is 2. The fourth-order valence-electron chi connectivity index (χ4n) is 3.76. The van der Waals surface area contributed by atoms with E-state index in [1.54, 1.807) is 55.2 Å². The molecule has 0 aliphatic rings. The Kier molecular flexibility index (Phi) is 7.87. The summed E-state index contributed by atoms with van der Waals surface area (Å²) in [6.07, 6.45) is 1.40. The fourth-order valence-corrected chi connectivity index (χ4v) is 4.62. The highest BCUT2D eigenvalue weighted by Crippen LogP contribution is 2.34. The first-order valence-corrected chi connectivity index (χ1v) is 12.3. The lowest BCUT2D eigenvalue weighted by molar-refractivity contribution is -0.131. The summed E-state index contributed by atoms with van der Waals surface area (Å²) in [6, 6.07) is 13.4. The van der Waals surface area contributed by atoms with Gasteiger partial charge in [-0.2, -0.15) is 0 Å². The van der Waals surface area contributed by atoms with Crippen molar-refractivity contribution in [3.05, 3.63) is 70.3 Å². The summed E-state index contributed by atoms with van der Waals surface area (Å²) in [5.41, 5.74) is 2.27. The van der Waals surface area contributed by atoms with Crippen LogP contribution < -0.4 is 9.47 Å². The van der Waals surface area contributed by atoms with Crippen molar-refractivity contribution in [1.29, 1.82) is 0 Å². The molecule has 2 heterocycles. The summed E-state index contributed by atoms with van der Waals surface area (Å²) in [6.45, 7) is 4.23. The van der Waals surface area contributed by atoms with E-state index in [4.69, 9.17) is 13.9 Å². The van der Waals surface area contributed by atoms with Crippen LogP contribution >= 0.6 is 11.8 Å². The molecule has 11 heteroatoms. The number of rotatable bonds is 10. The number of furan rings is 1. The first kappa shape index (κ1) is 26.6. The quantitative estimate of drug-likeness (QED) is 0.199. The van der Waals surface area contributed by atoms with Crippen molar-refractivity contribution in [3.8, 4) is 34.2 Å². The number of carboxylic acids is 2. The third-order valence-corrected chi connectivity index (χ3v) is 6.70. The van der Waals surface area contributed by atoms with E-state index < -0.39 is 11.9 Å². The van der Waals surface area contributed by atoms with Gasteiger partial charge in [0.25, 0.3) is 0 Å². The lowest BCUT2D eigenvalue weighted by Gasteiger charge is -2.10. The molecule has 10 nitrogen and oxygen atoms in total. The smallest absolute Gasteiger partial charge is 0.342 e. The number of aromatic carboxylic acids is 1. The van der Waals surface area contributed by atoms with E-state index >= 15 is 0 Å². The van der Waals surface area contributed by atoms with Gasteiger partial charge in [-0.05, 0) is 67.6 Å². The second kappa shape index (κ2) is 11.3. The van der Waals surface area contributed by atoms with Crippen LogP contribution in [0.15, 0.2) is 63.0 Å². The van der Waals surface area contributed by atoms with Gasteiger partial charge in [0.1, 0.15) is 27.9 Å². The van der Waals surface area contributed by atoms with E-state index in [2.05, 4.69) is 10.2 Å². The normalized spacial score (nSPS) is 11.4. The minimum absolute atomic E-state index is 0.0289. The van der Waals surface area contributed by atoms with Crippen molar-refractivity contribution in [2.24, 2.45) is 0 Å². The van der Waals surface area contributed by atoms with Crippen molar-refractivity contribution < 1.29 is 33.7 Å². The highest BCUT2D eigenvalue weighted by molar-refractivity contribution is 8.04. The summed E-state index contributed by atoms with van der Waals surface area (Å²) in [5, 5.41) is 28.1. The van der Waals surface area contributed by atoms with E-state index in [1.807, 2.05) is 13.8 Å². The second-order valence-electron chi connectivity index (χ2n) is 8.10. The van der Waals surface area contributed by atoms with Gasteiger partial charge in [-0.1, -0.05) is 6.07 Å². The van der Waals surface area contributed by atoms with E-state index in [0.717, 1.165) is 17.3 Å². The molecule has 0 spiro atoms. The van der Waals surface area contributed by atoms with Crippen molar-refractivity contribution in [2.75, 3.05) is 14.2 Å². The molecule has 0 unspecified atom stereocenters. The summed E-state index contributed by atoms with van der Waals surface area (Å²) in [4.78, 5) is 23.5. The number of thioether (sulfide) groups is 1. The third kappa shape index (κ3) is 5.57. The number of nitrogens with zero attached hydrogens (tertiary/aromatic N) is 3. The zero-order valence-electron chi connectivity index (χ0n) is 21.1. The van der Waals surface area contributed by atoms with Crippen LogP contribution in [0.1, 0.15) is 28.6 Å². The molecule has 196 valence electrons. The topological polar surface area (TPSA) is 137 Å². The van der Waals surface area contributed by atoms with Crippen LogP contribution in [0.25, 0.3) is 28.8 Å². The van der Waals surface area contributed by atoms with Gasteiger partial charge in [0.05, 0.1) is 19.8 Å². The molecule has 38 heavy (non-hydrogen) atoms. The minimum Gasteiger partial charge on any atom is -0.497 e. The lowest BCUT2D eigenvalue weighted by Crippen LogP contribution is -2.03. The van der Waals surface area contributed by atoms with Gasteiger partial charge in [0.15, 0.2) is 11.0 Å². The summed E-state index contributed by atoms with van der Waals surface area (Å²) < 4.78 is 18.4. The highest BCUT2D eigenvalue weighted by Gasteiger charge is 2.20. The zero-order valence-corrected chi connectivity index (χ0v) is 21.9. The number of carbonyl (C=O) groups is 2. The Balaban J connectivity index is 1.67. The Labute approximate surface area is 222 Å². The van der Waals surface area contributed by atoms with Gasteiger partial charge in [-0.25, -0.2) is 9.59 Å². The summed E-state index contributed by atoms with van der Waals surface area (Å²) in [5.74, 6) is 0.224. The van der Waals surface area contributed by atoms with Crippen LogP contribution in [0.2, 0.25) is 0 Å². The molecule has 4 aromatic rings. The average Bonchev–Trinajstić information content (AvgIpc) is 3.54. The van der Waals surface area contributed by atoms with Crippen molar-refractivity contribution in [1.82, 2.24) is 14.8 Å². The van der Waals surface area contributed by atoms with Gasteiger partial charge < -0.3 is 28.7 Å². The minimum atomic E-state index is -1.16. The number of hydrogen-bond donors (Lipinski definition) is 2. The molecule has 0 radical (unpaired) electrons. The monoisotopic (exact) mass is 535 g/mol. The van der Waals surface area contributed by atoms with Gasteiger partial charge in [-0.15, -0.1) is 10.2 Å². The number of benzene rings is 2. The maximum atomic E-state index is 12.1. The molecule has 0 aliphatic carbocycles. The Morgan fingerprint density at radius 3 is 2.34 bits per heavy atom. The predicted octanol–water partition coefficient (Wildman–Crippen LogP) is 5.47. The van der Waals surface area contributed by atoms with Gasteiger partial charge in [-0.3, -0.25) is 0 Å². The van der Waals surface area contributed by atoms with Crippen molar-refractivity contribution in [3.63, 3.8) is 0 Å². The zero-order chi connectivity index (χ0) is 27.4. The van der Waals surface area contributed by atoms with Gasteiger partial charge in [0, 0.05) is 29.8 Å². The first-order valence-electron chi connectivity index (χ1n) is 11.5. The van der Waals surface area contributed by atoms with Crippen LogP contribution in [0.5, 0.6) is 11.5 Å². The molecule has 2 N–H and O–H groups in total. The van der Waals surface area contributed by atoms with Crippen molar-refractivity contribution >= 4 is 29.8 Å². The van der Waals surface area contributed by atoms with Crippen LogP contribution in [0.4, 0.5) is 0 Å². The number of aryl methyl sites for hydroxylation is 1. The van der Waals surface area contributed by atoms with E-state index in [0.29, 0.717) is 51.7 Å². The maximum Gasteiger partial charge on any atom is 0.342 e. The van der Waals surface area contributed by atoms with Gasteiger partial charge in [0.2, 0.25) is 0 Å². The first-order chi connectivity index (χ1) is 18.2.